The van der Waals surface area contributed by atoms with Gasteiger partial charge in [-0.15, -0.1) is 11.3 Å². The van der Waals surface area contributed by atoms with Gasteiger partial charge in [0.15, 0.2) is 0 Å². The number of thiophene rings is 1. The van der Waals surface area contributed by atoms with Gasteiger partial charge < -0.3 is 22.5 Å². The first-order valence-electron chi connectivity index (χ1n) is 5.25. The third kappa shape index (κ3) is 4.04. The number of halogens is 1. The fourth-order valence-corrected chi connectivity index (χ4v) is 2.26. The lowest BCUT2D eigenvalue weighted by molar-refractivity contribution is -0.00000348. The summed E-state index contributed by atoms with van der Waals surface area (Å²) >= 11 is 1.77. The van der Waals surface area contributed by atoms with Crippen LogP contribution >= 0.6 is 11.3 Å². The van der Waals surface area contributed by atoms with Crippen molar-refractivity contribution in [3.63, 3.8) is 0 Å². The van der Waals surface area contributed by atoms with Crippen molar-refractivity contribution in [2.45, 2.75) is 13.1 Å². The lowest BCUT2D eigenvalue weighted by Crippen LogP contribution is -3.00. The topological polar surface area (TPSA) is 21.3 Å². The molecule has 1 N–H and O–H groups in total. The normalized spacial score (nSPS) is 9.71. The van der Waals surface area contributed by atoms with Gasteiger partial charge in [0.2, 0.25) is 0 Å². The van der Waals surface area contributed by atoms with Crippen LogP contribution in [0.5, 0.6) is 5.75 Å². The van der Waals surface area contributed by atoms with Gasteiger partial charge in [-0.2, -0.15) is 0 Å². The Morgan fingerprint density at radius 2 is 1.94 bits per heavy atom. The van der Waals surface area contributed by atoms with Gasteiger partial charge in [-0.3, -0.25) is 0 Å². The molecule has 92 valence electrons. The summed E-state index contributed by atoms with van der Waals surface area (Å²) < 4.78 is 5.30. The molecule has 2 rings (SSSR count). The molecule has 0 unspecified atom stereocenters. The van der Waals surface area contributed by atoms with Crippen molar-refractivity contribution in [3.05, 3.63) is 52.2 Å². The number of rotatable bonds is 5. The quantitative estimate of drug-likeness (QED) is 0.828. The predicted molar refractivity (Wildman–Crippen MR) is 67.9 cm³/mol. The minimum atomic E-state index is 0. The van der Waals surface area contributed by atoms with E-state index in [4.69, 9.17) is 4.74 Å². The Labute approximate surface area is 112 Å². The zero-order valence-electron chi connectivity index (χ0n) is 9.65. The van der Waals surface area contributed by atoms with Crippen LogP contribution in [0.15, 0.2) is 41.8 Å². The smallest absolute Gasteiger partial charge is 0.123 e. The fourth-order valence-electron chi connectivity index (χ4n) is 1.58. The molecule has 0 radical (unpaired) electrons. The molecule has 1 aromatic heterocycles. The molecule has 0 atom stereocenters. The van der Waals surface area contributed by atoms with E-state index in [0.29, 0.717) is 0 Å². The maximum atomic E-state index is 5.30. The molecule has 0 fully saturated rings. The average Bonchev–Trinajstić information content (AvgIpc) is 2.83. The summed E-state index contributed by atoms with van der Waals surface area (Å²) in [5.74, 6) is 0.946. The van der Waals surface area contributed by atoms with Crippen LogP contribution in [0, 0.1) is 0 Å². The first kappa shape index (κ1) is 14.0. The number of benzene rings is 1. The number of hydrogen-bond donors (Lipinski definition) is 1. The Balaban J connectivity index is 0.00000144. The highest BCUT2D eigenvalue weighted by Gasteiger charge is 2.00. The van der Waals surface area contributed by atoms with Crippen molar-refractivity contribution in [3.8, 4) is 5.75 Å². The predicted octanol–water partition coefficient (Wildman–Crippen LogP) is 0.0505. The SMILES string of the molecule is COc1ccccc1CNCc1cccs1.[Cl-]. The average molecular weight is 269 g/mol. The van der Waals surface area contributed by atoms with E-state index in [1.165, 1.54) is 10.4 Å². The van der Waals surface area contributed by atoms with Gasteiger partial charge in [0.05, 0.1) is 7.11 Å². The van der Waals surface area contributed by atoms with Gasteiger partial charge >= 0.3 is 0 Å². The summed E-state index contributed by atoms with van der Waals surface area (Å²) in [5.41, 5.74) is 1.20. The molecule has 0 saturated heterocycles. The van der Waals surface area contributed by atoms with Crippen LogP contribution in [0.1, 0.15) is 10.4 Å². The molecule has 1 heterocycles. The van der Waals surface area contributed by atoms with E-state index in [1.807, 2.05) is 18.2 Å². The molecule has 1 aromatic carbocycles. The van der Waals surface area contributed by atoms with Crippen LogP contribution < -0.4 is 22.5 Å². The molecule has 0 amide bonds. The maximum Gasteiger partial charge on any atom is 0.123 e. The fraction of sp³-hybridized carbons (Fsp3) is 0.231. The molecular weight excluding hydrogens is 254 g/mol. The summed E-state index contributed by atoms with van der Waals surface area (Å²) in [4.78, 5) is 1.36. The van der Waals surface area contributed by atoms with Crippen LogP contribution in [0.4, 0.5) is 0 Å². The van der Waals surface area contributed by atoms with Crippen molar-refractivity contribution in [1.29, 1.82) is 0 Å². The van der Waals surface area contributed by atoms with Gasteiger partial charge in [0.1, 0.15) is 5.75 Å². The van der Waals surface area contributed by atoms with E-state index in [9.17, 15) is 0 Å². The van der Waals surface area contributed by atoms with E-state index in [2.05, 4.69) is 28.9 Å². The van der Waals surface area contributed by atoms with E-state index in [-0.39, 0.29) is 12.4 Å². The Hall–Kier alpha value is -1.03. The van der Waals surface area contributed by atoms with Gasteiger partial charge in [-0.1, -0.05) is 24.3 Å². The van der Waals surface area contributed by atoms with E-state index in [1.54, 1.807) is 18.4 Å². The molecule has 2 aromatic rings. The molecule has 0 spiro atoms. The van der Waals surface area contributed by atoms with E-state index >= 15 is 0 Å². The molecule has 0 saturated carbocycles. The Kier molecular flexibility index (Phi) is 6.05. The van der Waals surface area contributed by atoms with Crippen LogP contribution in [0.3, 0.4) is 0 Å². The highest BCUT2D eigenvalue weighted by Crippen LogP contribution is 2.17. The second kappa shape index (κ2) is 7.33. The number of hydrogen-bond acceptors (Lipinski definition) is 3. The minimum absolute atomic E-state index is 0. The van der Waals surface area contributed by atoms with E-state index < -0.39 is 0 Å². The molecular formula is C13H15ClNOS-. The summed E-state index contributed by atoms with van der Waals surface area (Å²) in [5, 5.41) is 5.51. The lowest BCUT2D eigenvalue weighted by Gasteiger charge is -2.08. The van der Waals surface area contributed by atoms with Crippen molar-refractivity contribution >= 4 is 11.3 Å². The summed E-state index contributed by atoms with van der Waals surface area (Å²) in [6, 6.07) is 12.3. The number of methoxy groups -OCH3 is 1. The first-order chi connectivity index (χ1) is 7.90. The van der Waals surface area contributed by atoms with Crippen molar-refractivity contribution in [2.75, 3.05) is 7.11 Å². The molecule has 17 heavy (non-hydrogen) atoms. The number of para-hydroxylation sites is 1. The maximum absolute atomic E-state index is 5.30. The largest absolute Gasteiger partial charge is 1.00 e. The van der Waals surface area contributed by atoms with Gasteiger partial charge in [-0.25, -0.2) is 0 Å². The molecule has 2 nitrogen and oxygen atoms in total. The van der Waals surface area contributed by atoms with Crippen molar-refractivity contribution in [2.24, 2.45) is 0 Å². The van der Waals surface area contributed by atoms with Gasteiger partial charge in [-0.05, 0) is 17.5 Å². The highest BCUT2D eigenvalue weighted by atomic mass is 35.5. The van der Waals surface area contributed by atoms with E-state index in [0.717, 1.165) is 18.8 Å². The molecule has 4 heteroatoms. The standard InChI is InChI=1S/C13H15NOS.ClH/c1-15-13-7-3-2-5-11(13)9-14-10-12-6-4-8-16-12;/h2-8,14H,9-10H2,1H3;1H/p-1. The lowest BCUT2D eigenvalue weighted by atomic mass is 10.2. The van der Waals surface area contributed by atoms with Crippen LogP contribution in [-0.2, 0) is 13.1 Å². The second-order valence-corrected chi connectivity index (χ2v) is 4.53. The number of ether oxygens (including phenoxy) is 1. The zero-order chi connectivity index (χ0) is 11.2. The molecule has 0 aliphatic carbocycles. The first-order valence-corrected chi connectivity index (χ1v) is 6.13. The Morgan fingerprint density at radius 3 is 2.65 bits per heavy atom. The summed E-state index contributed by atoms with van der Waals surface area (Å²) in [7, 11) is 1.71. The minimum Gasteiger partial charge on any atom is -1.00 e. The third-order valence-electron chi connectivity index (χ3n) is 2.39. The zero-order valence-corrected chi connectivity index (χ0v) is 11.2. The van der Waals surface area contributed by atoms with Crippen LogP contribution in [0.2, 0.25) is 0 Å². The Morgan fingerprint density at radius 1 is 1.12 bits per heavy atom. The molecule has 0 aliphatic heterocycles. The van der Waals surface area contributed by atoms with Crippen molar-refractivity contribution in [1.82, 2.24) is 5.32 Å². The number of nitrogens with one attached hydrogen (secondary N) is 1. The van der Waals surface area contributed by atoms with Gasteiger partial charge in [0, 0.05) is 23.5 Å². The monoisotopic (exact) mass is 268 g/mol. The molecule has 0 aliphatic rings. The van der Waals surface area contributed by atoms with Crippen molar-refractivity contribution < 1.29 is 17.1 Å². The highest BCUT2D eigenvalue weighted by molar-refractivity contribution is 7.09. The second-order valence-electron chi connectivity index (χ2n) is 3.49. The van der Waals surface area contributed by atoms with Crippen LogP contribution in [-0.4, -0.2) is 7.11 Å². The van der Waals surface area contributed by atoms with Gasteiger partial charge in [0.25, 0.3) is 0 Å². The Bertz CT molecular complexity index is 431. The summed E-state index contributed by atoms with van der Waals surface area (Å²) in [6.45, 7) is 1.75. The third-order valence-corrected chi connectivity index (χ3v) is 3.26. The molecule has 0 bridgehead atoms. The summed E-state index contributed by atoms with van der Waals surface area (Å²) in [6.07, 6.45) is 0. The van der Waals surface area contributed by atoms with Crippen LogP contribution in [0.25, 0.3) is 0 Å².